The van der Waals surface area contributed by atoms with E-state index in [1.54, 1.807) is 24.3 Å². The van der Waals surface area contributed by atoms with Crippen LogP contribution in [0.15, 0.2) is 24.3 Å². The molecule has 0 unspecified atom stereocenters. The van der Waals surface area contributed by atoms with Gasteiger partial charge in [-0.3, -0.25) is 14.5 Å². The van der Waals surface area contributed by atoms with E-state index in [2.05, 4.69) is 15.5 Å². The predicted octanol–water partition coefficient (Wildman–Crippen LogP) is 1.77. The Bertz CT molecular complexity index is 648. The molecule has 1 N–H and O–H groups in total. The van der Waals surface area contributed by atoms with Crippen molar-refractivity contribution < 1.29 is 9.59 Å². The number of benzene rings is 1. The number of nitrogens with one attached hydrogen (secondary N) is 1. The minimum Gasteiger partial charge on any atom is -0.360 e. The Hall–Kier alpha value is -2.28. The lowest BCUT2D eigenvalue weighted by Crippen LogP contribution is -2.29. The van der Waals surface area contributed by atoms with Crippen molar-refractivity contribution in [1.29, 1.82) is 0 Å². The van der Waals surface area contributed by atoms with Gasteiger partial charge in [0.2, 0.25) is 5.13 Å². The van der Waals surface area contributed by atoms with Gasteiger partial charge in [-0.15, -0.1) is 10.2 Å². The van der Waals surface area contributed by atoms with Crippen molar-refractivity contribution in [3.8, 4) is 0 Å². The Balaban J connectivity index is 1.82. The van der Waals surface area contributed by atoms with Crippen LogP contribution in [0, 0.1) is 0 Å². The van der Waals surface area contributed by atoms with E-state index in [-0.39, 0.29) is 18.4 Å². The van der Waals surface area contributed by atoms with Gasteiger partial charge in [0.05, 0.1) is 17.7 Å². The summed E-state index contributed by atoms with van der Waals surface area (Å²) in [6.45, 7) is 2.88. The normalized spacial score (nSPS) is 13.8. The molecule has 0 saturated heterocycles. The Kier molecular flexibility index (Phi) is 3.19. The van der Waals surface area contributed by atoms with Crippen LogP contribution >= 0.6 is 11.3 Å². The molecule has 3 rings (SSSR count). The van der Waals surface area contributed by atoms with E-state index in [4.69, 9.17) is 0 Å². The largest absolute Gasteiger partial charge is 0.360 e. The first-order valence-corrected chi connectivity index (χ1v) is 7.04. The van der Waals surface area contributed by atoms with Gasteiger partial charge in [-0.05, 0) is 19.1 Å². The number of carbonyl (C=O) groups excluding carboxylic acids is 2. The number of anilines is 1. The maximum atomic E-state index is 12.2. The fourth-order valence-electron chi connectivity index (χ4n) is 2.06. The molecule has 2 amide bonds. The van der Waals surface area contributed by atoms with Crippen LogP contribution in [-0.2, 0) is 6.54 Å². The molecule has 2 aromatic rings. The average Bonchev–Trinajstić information content (AvgIpc) is 2.99. The van der Waals surface area contributed by atoms with E-state index in [1.807, 2.05) is 6.92 Å². The van der Waals surface area contributed by atoms with Crippen LogP contribution in [0.3, 0.4) is 0 Å². The zero-order chi connectivity index (χ0) is 14.1. The third kappa shape index (κ3) is 2.05. The maximum absolute atomic E-state index is 12.2. The van der Waals surface area contributed by atoms with E-state index in [1.165, 1.54) is 16.2 Å². The zero-order valence-electron chi connectivity index (χ0n) is 10.8. The summed E-state index contributed by atoms with van der Waals surface area (Å²) in [7, 11) is 0. The smallest absolute Gasteiger partial charge is 0.261 e. The molecule has 0 atom stereocenters. The first kappa shape index (κ1) is 12.7. The van der Waals surface area contributed by atoms with E-state index in [9.17, 15) is 9.59 Å². The fourth-order valence-corrected chi connectivity index (χ4v) is 2.85. The first-order chi connectivity index (χ1) is 9.70. The molecule has 1 aliphatic rings. The lowest BCUT2D eigenvalue weighted by atomic mass is 10.1. The standard InChI is InChI=1S/C13H12N4O2S/c1-2-14-13-16-15-10(20-13)7-17-11(18)8-5-3-4-6-9(8)12(17)19/h3-6H,2,7H2,1H3,(H,14,16). The van der Waals surface area contributed by atoms with E-state index >= 15 is 0 Å². The summed E-state index contributed by atoms with van der Waals surface area (Å²) in [4.78, 5) is 25.6. The Labute approximate surface area is 119 Å². The number of imide groups is 1. The summed E-state index contributed by atoms with van der Waals surface area (Å²) in [6.07, 6.45) is 0. The number of hydrogen-bond donors (Lipinski definition) is 1. The minimum absolute atomic E-state index is 0.162. The Morgan fingerprint density at radius 1 is 1.15 bits per heavy atom. The lowest BCUT2D eigenvalue weighted by molar-refractivity contribution is 0.0642. The molecule has 1 aromatic carbocycles. The molecule has 6 nitrogen and oxygen atoms in total. The van der Waals surface area contributed by atoms with E-state index in [0.717, 1.165) is 6.54 Å². The van der Waals surface area contributed by atoms with Crippen molar-refractivity contribution in [3.05, 3.63) is 40.4 Å². The lowest BCUT2D eigenvalue weighted by Gasteiger charge is -2.10. The third-order valence-corrected chi connectivity index (χ3v) is 3.83. The van der Waals surface area contributed by atoms with Crippen molar-refractivity contribution in [2.45, 2.75) is 13.5 Å². The number of carbonyl (C=O) groups is 2. The van der Waals surface area contributed by atoms with Gasteiger partial charge in [-0.2, -0.15) is 0 Å². The van der Waals surface area contributed by atoms with Crippen LogP contribution in [-0.4, -0.2) is 33.5 Å². The predicted molar refractivity (Wildman–Crippen MR) is 74.7 cm³/mol. The summed E-state index contributed by atoms with van der Waals surface area (Å²) in [5.41, 5.74) is 0.905. The highest BCUT2D eigenvalue weighted by Crippen LogP contribution is 2.25. The second kappa shape index (κ2) is 5.01. The van der Waals surface area contributed by atoms with Gasteiger partial charge < -0.3 is 5.32 Å². The topological polar surface area (TPSA) is 75.2 Å². The number of fused-ring (bicyclic) bond motifs is 1. The van der Waals surface area contributed by atoms with E-state index in [0.29, 0.717) is 21.3 Å². The van der Waals surface area contributed by atoms with Crippen LogP contribution < -0.4 is 5.32 Å². The molecule has 1 aliphatic heterocycles. The molecule has 0 bridgehead atoms. The highest BCUT2D eigenvalue weighted by Gasteiger charge is 2.35. The van der Waals surface area contributed by atoms with Crippen LogP contribution in [0.2, 0.25) is 0 Å². The molecule has 0 saturated carbocycles. The van der Waals surface area contributed by atoms with Gasteiger partial charge >= 0.3 is 0 Å². The Morgan fingerprint density at radius 3 is 2.40 bits per heavy atom. The summed E-state index contributed by atoms with van der Waals surface area (Å²) in [5.74, 6) is -0.545. The average molecular weight is 288 g/mol. The number of rotatable bonds is 4. The van der Waals surface area contributed by atoms with Crippen LogP contribution in [0.1, 0.15) is 32.6 Å². The fraction of sp³-hybridized carbons (Fsp3) is 0.231. The van der Waals surface area contributed by atoms with Crippen molar-refractivity contribution in [2.24, 2.45) is 0 Å². The number of nitrogens with zero attached hydrogens (tertiary/aromatic N) is 3. The highest BCUT2D eigenvalue weighted by molar-refractivity contribution is 7.15. The van der Waals surface area contributed by atoms with Crippen molar-refractivity contribution in [1.82, 2.24) is 15.1 Å². The quantitative estimate of drug-likeness (QED) is 0.868. The minimum atomic E-state index is -0.272. The number of amides is 2. The maximum Gasteiger partial charge on any atom is 0.261 e. The van der Waals surface area contributed by atoms with Crippen LogP contribution in [0.4, 0.5) is 5.13 Å². The molecule has 0 aliphatic carbocycles. The molecule has 102 valence electrons. The molecule has 0 fully saturated rings. The second-order valence-corrected chi connectivity index (χ2v) is 5.34. The third-order valence-electron chi connectivity index (χ3n) is 2.97. The molecule has 2 heterocycles. The molecule has 20 heavy (non-hydrogen) atoms. The Morgan fingerprint density at radius 2 is 1.80 bits per heavy atom. The van der Waals surface area contributed by atoms with Gasteiger partial charge in [0.15, 0.2) is 0 Å². The van der Waals surface area contributed by atoms with Gasteiger partial charge in [0, 0.05) is 6.54 Å². The van der Waals surface area contributed by atoms with Gasteiger partial charge in [-0.25, -0.2) is 0 Å². The van der Waals surface area contributed by atoms with Crippen molar-refractivity contribution in [3.63, 3.8) is 0 Å². The van der Waals surface area contributed by atoms with E-state index < -0.39 is 0 Å². The molecule has 7 heteroatoms. The molecule has 0 radical (unpaired) electrons. The van der Waals surface area contributed by atoms with Gasteiger partial charge in [0.1, 0.15) is 5.01 Å². The number of hydrogen-bond acceptors (Lipinski definition) is 6. The summed E-state index contributed by atoms with van der Waals surface area (Å²) in [5, 5.41) is 12.3. The first-order valence-electron chi connectivity index (χ1n) is 6.22. The molecular formula is C13H12N4O2S. The van der Waals surface area contributed by atoms with Crippen LogP contribution in [0.5, 0.6) is 0 Å². The summed E-state index contributed by atoms with van der Waals surface area (Å²) in [6, 6.07) is 6.84. The SMILES string of the molecule is CCNc1nnc(CN2C(=O)c3ccccc3C2=O)s1. The molecular weight excluding hydrogens is 276 g/mol. The zero-order valence-corrected chi connectivity index (χ0v) is 11.6. The monoisotopic (exact) mass is 288 g/mol. The second-order valence-electron chi connectivity index (χ2n) is 4.27. The summed E-state index contributed by atoms with van der Waals surface area (Å²) < 4.78 is 0. The van der Waals surface area contributed by atoms with Crippen molar-refractivity contribution in [2.75, 3.05) is 11.9 Å². The van der Waals surface area contributed by atoms with Crippen LogP contribution in [0.25, 0.3) is 0 Å². The highest BCUT2D eigenvalue weighted by atomic mass is 32.1. The molecule has 1 aromatic heterocycles. The van der Waals surface area contributed by atoms with Gasteiger partial charge in [-0.1, -0.05) is 23.5 Å². The van der Waals surface area contributed by atoms with Gasteiger partial charge in [0.25, 0.3) is 11.8 Å². The summed E-state index contributed by atoms with van der Waals surface area (Å²) >= 11 is 1.35. The van der Waals surface area contributed by atoms with Crippen molar-refractivity contribution >= 4 is 28.3 Å². The molecule has 0 spiro atoms. The number of aromatic nitrogens is 2.